The smallest absolute Gasteiger partial charge is 0.342 e. The number of amides is 1. The van der Waals surface area contributed by atoms with E-state index in [0.717, 1.165) is 12.8 Å². The quantitative estimate of drug-likeness (QED) is 0.859. The number of hydrogen-bond donors (Lipinski definition) is 1. The molecule has 0 radical (unpaired) electrons. The summed E-state index contributed by atoms with van der Waals surface area (Å²) in [5, 5.41) is 2.17. The molecular formula is C13H21F3N2O. The summed E-state index contributed by atoms with van der Waals surface area (Å²) in [5.74, 6) is -0.211. The van der Waals surface area contributed by atoms with Gasteiger partial charge >= 0.3 is 6.18 Å². The number of likely N-dealkylation sites (tertiary alicyclic amines) is 1. The van der Waals surface area contributed by atoms with Crippen molar-refractivity contribution in [1.29, 1.82) is 0 Å². The molecular weight excluding hydrogens is 257 g/mol. The molecule has 1 aliphatic carbocycles. The third-order valence-electron chi connectivity index (χ3n) is 4.44. The van der Waals surface area contributed by atoms with Crippen LogP contribution in [0.5, 0.6) is 0 Å². The summed E-state index contributed by atoms with van der Waals surface area (Å²) in [6, 6.07) is 0. The van der Waals surface area contributed by atoms with Gasteiger partial charge in [0.05, 0.1) is 13.1 Å². The standard InChI is InChI=1S/C13H21F3N2O/c14-13(15,16)10-17-9-11(19)18-7-5-12(6-8-18)3-1-2-4-12/h17H,1-10H2. The fourth-order valence-electron chi connectivity index (χ4n) is 3.28. The lowest BCUT2D eigenvalue weighted by atomic mass is 9.77. The summed E-state index contributed by atoms with van der Waals surface area (Å²) >= 11 is 0. The average Bonchev–Trinajstić information content (AvgIpc) is 2.77. The van der Waals surface area contributed by atoms with Gasteiger partial charge in [0.25, 0.3) is 0 Å². The molecule has 1 amide bonds. The van der Waals surface area contributed by atoms with Crippen LogP contribution in [0.2, 0.25) is 0 Å². The van der Waals surface area contributed by atoms with Gasteiger partial charge in [-0.05, 0) is 31.1 Å². The molecule has 2 rings (SSSR count). The fourth-order valence-corrected chi connectivity index (χ4v) is 3.28. The molecule has 6 heteroatoms. The molecule has 1 heterocycles. The Bertz CT molecular complexity index is 314. The first-order valence-electron chi connectivity index (χ1n) is 6.96. The van der Waals surface area contributed by atoms with E-state index in [1.54, 1.807) is 4.90 Å². The Morgan fingerprint density at radius 1 is 1.11 bits per heavy atom. The van der Waals surface area contributed by atoms with Gasteiger partial charge in [-0.15, -0.1) is 0 Å². The summed E-state index contributed by atoms with van der Waals surface area (Å²) in [6.45, 7) is 0.0854. The van der Waals surface area contributed by atoms with Crippen molar-refractivity contribution in [1.82, 2.24) is 10.2 Å². The van der Waals surface area contributed by atoms with Gasteiger partial charge in [0.2, 0.25) is 5.91 Å². The molecule has 0 atom stereocenters. The minimum atomic E-state index is -4.25. The van der Waals surface area contributed by atoms with E-state index in [1.165, 1.54) is 25.7 Å². The van der Waals surface area contributed by atoms with Gasteiger partial charge in [0, 0.05) is 13.1 Å². The third kappa shape index (κ3) is 4.09. The number of carbonyl (C=O) groups is 1. The number of rotatable bonds is 3. The second-order valence-corrected chi connectivity index (χ2v) is 5.81. The number of carbonyl (C=O) groups excluding carboxylic acids is 1. The Kier molecular flexibility index (Phi) is 4.38. The molecule has 0 aromatic heterocycles. The molecule has 0 bridgehead atoms. The normalized spacial score (nSPS) is 23.0. The topological polar surface area (TPSA) is 32.3 Å². The van der Waals surface area contributed by atoms with E-state index in [-0.39, 0.29) is 12.5 Å². The van der Waals surface area contributed by atoms with Gasteiger partial charge in [0.15, 0.2) is 0 Å². The summed E-state index contributed by atoms with van der Waals surface area (Å²) in [5.41, 5.74) is 0.427. The van der Waals surface area contributed by atoms with Crippen LogP contribution >= 0.6 is 0 Å². The minimum absolute atomic E-state index is 0.211. The maximum Gasteiger partial charge on any atom is 0.401 e. The van der Waals surface area contributed by atoms with Crippen molar-refractivity contribution < 1.29 is 18.0 Å². The zero-order valence-electron chi connectivity index (χ0n) is 11.1. The van der Waals surface area contributed by atoms with Crippen molar-refractivity contribution in [3.8, 4) is 0 Å². The molecule has 19 heavy (non-hydrogen) atoms. The Hall–Kier alpha value is -0.780. The van der Waals surface area contributed by atoms with Gasteiger partial charge in [-0.1, -0.05) is 12.8 Å². The predicted molar refractivity (Wildman–Crippen MR) is 65.6 cm³/mol. The lowest BCUT2D eigenvalue weighted by Crippen LogP contribution is -2.46. The van der Waals surface area contributed by atoms with E-state index in [4.69, 9.17) is 0 Å². The summed E-state index contributed by atoms with van der Waals surface area (Å²) in [7, 11) is 0. The first kappa shape index (κ1) is 14.6. The monoisotopic (exact) mass is 278 g/mol. The lowest BCUT2D eigenvalue weighted by Gasteiger charge is -2.39. The molecule has 1 saturated heterocycles. The van der Waals surface area contributed by atoms with Crippen LogP contribution < -0.4 is 5.32 Å². The molecule has 1 N–H and O–H groups in total. The zero-order chi connectivity index (χ0) is 13.9. The van der Waals surface area contributed by atoms with Crippen LogP contribution in [-0.2, 0) is 4.79 Å². The Balaban J connectivity index is 1.70. The molecule has 0 aromatic carbocycles. The Labute approximate surface area is 111 Å². The van der Waals surface area contributed by atoms with Crippen molar-refractivity contribution in [2.24, 2.45) is 5.41 Å². The number of nitrogens with one attached hydrogen (secondary N) is 1. The molecule has 110 valence electrons. The van der Waals surface area contributed by atoms with E-state index in [2.05, 4.69) is 5.32 Å². The molecule has 3 nitrogen and oxygen atoms in total. The molecule has 1 spiro atoms. The first-order valence-corrected chi connectivity index (χ1v) is 6.96. The number of piperidine rings is 1. The Morgan fingerprint density at radius 2 is 1.68 bits per heavy atom. The third-order valence-corrected chi connectivity index (χ3v) is 4.44. The van der Waals surface area contributed by atoms with E-state index in [9.17, 15) is 18.0 Å². The highest BCUT2D eigenvalue weighted by molar-refractivity contribution is 5.78. The van der Waals surface area contributed by atoms with E-state index >= 15 is 0 Å². The van der Waals surface area contributed by atoms with E-state index in [1.807, 2.05) is 0 Å². The van der Waals surface area contributed by atoms with Crippen LogP contribution in [0.4, 0.5) is 13.2 Å². The van der Waals surface area contributed by atoms with Crippen LogP contribution in [-0.4, -0.2) is 43.2 Å². The summed E-state index contributed by atoms with van der Waals surface area (Å²) in [4.78, 5) is 13.5. The number of hydrogen-bond acceptors (Lipinski definition) is 2. The maximum absolute atomic E-state index is 12.0. The second-order valence-electron chi connectivity index (χ2n) is 5.81. The molecule has 2 aliphatic rings. The predicted octanol–water partition coefficient (Wildman–Crippen LogP) is 2.32. The van der Waals surface area contributed by atoms with Crippen LogP contribution in [0, 0.1) is 5.41 Å². The summed E-state index contributed by atoms with van der Waals surface area (Å²) in [6.07, 6.45) is 2.83. The fraction of sp³-hybridized carbons (Fsp3) is 0.923. The van der Waals surface area contributed by atoms with Crippen LogP contribution in [0.25, 0.3) is 0 Å². The van der Waals surface area contributed by atoms with Crippen molar-refractivity contribution >= 4 is 5.91 Å². The zero-order valence-corrected chi connectivity index (χ0v) is 11.1. The average molecular weight is 278 g/mol. The lowest BCUT2D eigenvalue weighted by molar-refractivity contribution is -0.136. The summed E-state index contributed by atoms with van der Waals surface area (Å²) < 4.78 is 35.9. The van der Waals surface area contributed by atoms with Gasteiger partial charge in [-0.25, -0.2) is 0 Å². The molecule has 0 aromatic rings. The molecule has 1 aliphatic heterocycles. The minimum Gasteiger partial charge on any atom is -0.342 e. The Morgan fingerprint density at radius 3 is 2.21 bits per heavy atom. The van der Waals surface area contributed by atoms with Crippen molar-refractivity contribution in [3.63, 3.8) is 0 Å². The SMILES string of the molecule is O=C(CNCC(F)(F)F)N1CCC2(CCCC2)CC1. The molecule has 1 saturated carbocycles. The molecule has 2 fully saturated rings. The van der Waals surface area contributed by atoms with Crippen LogP contribution in [0.3, 0.4) is 0 Å². The van der Waals surface area contributed by atoms with Crippen molar-refractivity contribution in [2.75, 3.05) is 26.2 Å². The first-order chi connectivity index (χ1) is 8.90. The van der Waals surface area contributed by atoms with Crippen molar-refractivity contribution in [3.05, 3.63) is 0 Å². The molecule has 0 unspecified atom stereocenters. The van der Waals surface area contributed by atoms with Crippen LogP contribution in [0.15, 0.2) is 0 Å². The van der Waals surface area contributed by atoms with E-state index in [0.29, 0.717) is 18.5 Å². The maximum atomic E-state index is 12.0. The highest BCUT2D eigenvalue weighted by Crippen LogP contribution is 2.46. The van der Waals surface area contributed by atoms with Crippen LogP contribution in [0.1, 0.15) is 38.5 Å². The van der Waals surface area contributed by atoms with Gasteiger partial charge < -0.3 is 10.2 Å². The number of alkyl halides is 3. The highest BCUT2D eigenvalue weighted by atomic mass is 19.4. The van der Waals surface area contributed by atoms with Gasteiger partial charge in [-0.3, -0.25) is 4.79 Å². The second kappa shape index (κ2) is 5.69. The largest absolute Gasteiger partial charge is 0.401 e. The van der Waals surface area contributed by atoms with Crippen molar-refractivity contribution in [2.45, 2.75) is 44.7 Å². The number of halogens is 3. The van der Waals surface area contributed by atoms with Gasteiger partial charge in [0.1, 0.15) is 0 Å². The van der Waals surface area contributed by atoms with Gasteiger partial charge in [-0.2, -0.15) is 13.2 Å². The van der Waals surface area contributed by atoms with E-state index < -0.39 is 12.7 Å². The number of nitrogens with zero attached hydrogens (tertiary/aromatic N) is 1. The highest BCUT2D eigenvalue weighted by Gasteiger charge is 2.37.